The molecule has 0 unspecified atom stereocenters. The van der Waals surface area contributed by atoms with Crippen LogP contribution in [-0.2, 0) is 10.4 Å². The van der Waals surface area contributed by atoms with Gasteiger partial charge < -0.3 is 9.50 Å². The second-order valence-corrected chi connectivity index (χ2v) is 3.61. The molecule has 0 bridgehead atoms. The van der Waals surface area contributed by atoms with Gasteiger partial charge in [0.1, 0.15) is 0 Å². The van der Waals surface area contributed by atoms with Gasteiger partial charge in [-0.05, 0) is 12.1 Å². The van der Waals surface area contributed by atoms with Gasteiger partial charge in [0.15, 0.2) is 5.75 Å². The lowest BCUT2D eigenvalue weighted by molar-refractivity contribution is 0.0961. The minimum atomic E-state index is -4.62. The Labute approximate surface area is 86.8 Å². The summed E-state index contributed by atoms with van der Waals surface area (Å²) in [5.74, 6) is -0.728. The fraction of sp³-hybridized carbons (Fsp3) is 0.125. The molecule has 0 spiro atoms. The Morgan fingerprint density at radius 1 is 1.40 bits per heavy atom. The maximum atomic E-state index is 11.3. The van der Waals surface area contributed by atoms with Crippen LogP contribution in [0.1, 0.15) is 10.4 Å². The Morgan fingerprint density at radius 3 is 2.53 bits per heavy atom. The number of carbonyl (C=O) groups is 1. The lowest BCUT2D eigenvalue weighted by Gasteiger charge is -2.06. The van der Waals surface area contributed by atoms with Gasteiger partial charge in [0.05, 0.1) is 5.56 Å². The highest BCUT2D eigenvalue weighted by molar-refractivity contribution is 7.81. The molecular formula is C8H9NO5S. The van der Waals surface area contributed by atoms with Crippen molar-refractivity contribution in [3.8, 4) is 5.75 Å². The summed E-state index contributed by atoms with van der Waals surface area (Å²) in [4.78, 5) is 11.3. The average molecular weight is 231 g/mol. The van der Waals surface area contributed by atoms with Crippen molar-refractivity contribution >= 4 is 16.3 Å². The zero-order chi connectivity index (χ0) is 11.5. The van der Waals surface area contributed by atoms with Crippen LogP contribution in [-0.4, -0.2) is 25.9 Å². The molecule has 0 atom stereocenters. The van der Waals surface area contributed by atoms with E-state index in [9.17, 15) is 13.2 Å². The summed E-state index contributed by atoms with van der Waals surface area (Å²) in [5, 5.41) is 2.31. The highest BCUT2D eigenvalue weighted by Gasteiger charge is 2.15. The summed E-state index contributed by atoms with van der Waals surface area (Å²) in [6.45, 7) is 0. The fourth-order valence-electron chi connectivity index (χ4n) is 0.975. The van der Waals surface area contributed by atoms with E-state index in [4.69, 9.17) is 4.55 Å². The van der Waals surface area contributed by atoms with Gasteiger partial charge in [-0.1, -0.05) is 12.1 Å². The van der Waals surface area contributed by atoms with Gasteiger partial charge in [-0.2, -0.15) is 8.42 Å². The van der Waals surface area contributed by atoms with Crippen LogP contribution >= 0.6 is 0 Å². The molecule has 1 rings (SSSR count). The minimum absolute atomic E-state index is 0.0256. The van der Waals surface area contributed by atoms with E-state index < -0.39 is 16.3 Å². The molecule has 15 heavy (non-hydrogen) atoms. The Kier molecular flexibility index (Phi) is 3.28. The van der Waals surface area contributed by atoms with Gasteiger partial charge in [-0.15, -0.1) is 0 Å². The SMILES string of the molecule is CNC(=O)c1ccccc1OS(=O)(=O)O. The van der Waals surface area contributed by atoms with Crippen LogP contribution in [0.4, 0.5) is 0 Å². The fourth-order valence-corrected chi connectivity index (χ4v) is 1.35. The van der Waals surface area contributed by atoms with Gasteiger partial charge in [0.2, 0.25) is 0 Å². The second kappa shape index (κ2) is 4.28. The van der Waals surface area contributed by atoms with E-state index in [2.05, 4.69) is 9.50 Å². The van der Waals surface area contributed by atoms with Crippen molar-refractivity contribution in [3.05, 3.63) is 29.8 Å². The molecule has 0 saturated heterocycles. The van der Waals surface area contributed by atoms with Crippen molar-refractivity contribution in [3.63, 3.8) is 0 Å². The van der Waals surface area contributed by atoms with Crippen molar-refractivity contribution < 1.29 is 21.9 Å². The van der Waals surface area contributed by atoms with Crippen molar-refractivity contribution in [2.24, 2.45) is 0 Å². The Hall–Kier alpha value is -1.60. The molecule has 1 aromatic carbocycles. The Balaban J connectivity index is 3.13. The maximum Gasteiger partial charge on any atom is 0.446 e. The molecule has 2 N–H and O–H groups in total. The van der Waals surface area contributed by atoms with Gasteiger partial charge in [0.25, 0.3) is 5.91 Å². The molecule has 0 aliphatic carbocycles. The highest BCUT2D eigenvalue weighted by Crippen LogP contribution is 2.18. The summed E-state index contributed by atoms with van der Waals surface area (Å²) in [7, 11) is -3.23. The first-order valence-electron chi connectivity index (χ1n) is 3.92. The minimum Gasteiger partial charge on any atom is -0.361 e. The van der Waals surface area contributed by atoms with E-state index in [1.807, 2.05) is 0 Å². The summed E-state index contributed by atoms with van der Waals surface area (Å²) >= 11 is 0. The molecule has 6 nitrogen and oxygen atoms in total. The maximum absolute atomic E-state index is 11.3. The number of rotatable bonds is 3. The van der Waals surface area contributed by atoms with Crippen molar-refractivity contribution in [2.45, 2.75) is 0 Å². The Morgan fingerprint density at radius 2 is 2.00 bits per heavy atom. The van der Waals surface area contributed by atoms with Crippen LogP contribution in [0.2, 0.25) is 0 Å². The van der Waals surface area contributed by atoms with E-state index in [-0.39, 0.29) is 11.3 Å². The summed E-state index contributed by atoms with van der Waals surface area (Å²) in [6, 6.07) is 5.66. The topological polar surface area (TPSA) is 92.7 Å². The molecule has 0 fully saturated rings. The Bertz CT molecular complexity index is 468. The van der Waals surface area contributed by atoms with Gasteiger partial charge in [0, 0.05) is 7.05 Å². The van der Waals surface area contributed by atoms with E-state index in [0.717, 1.165) is 0 Å². The number of nitrogens with one attached hydrogen (secondary N) is 1. The highest BCUT2D eigenvalue weighted by atomic mass is 32.3. The molecule has 0 aromatic heterocycles. The first-order chi connectivity index (χ1) is 6.94. The third-order valence-electron chi connectivity index (χ3n) is 1.55. The molecule has 0 heterocycles. The van der Waals surface area contributed by atoms with Gasteiger partial charge in [-0.25, -0.2) is 0 Å². The van der Waals surface area contributed by atoms with Crippen molar-refractivity contribution in [2.75, 3.05) is 7.05 Å². The zero-order valence-electron chi connectivity index (χ0n) is 7.80. The smallest absolute Gasteiger partial charge is 0.361 e. The van der Waals surface area contributed by atoms with Crippen LogP contribution in [0.5, 0.6) is 5.75 Å². The molecule has 0 aliphatic rings. The number of para-hydroxylation sites is 1. The van der Waals surface area contributed by atoms with E-state index >= 15 is 0 Å². The average Bonchev–Trinajstić information content (AvgIpc) is 2.15. The largest absolute Gasteiger partial charge is 0.446 e. The molecule has 7 heteroatoms. The number of hydrogen-bond donors (Lipinski definition) is 2. The normalized spacial score (nSPS) is 10.8. The van der Waals surface area contributed by atoms with E-state index in [1.165, 1.54) is 25.2 Å². The van der Waals surface area contributed by atoms with Crippen molar-refractivity contribution in [1.29, 1.82) is 0 Å². The lowest BCUT2D eigenvalue weighted by Crippen LogP contribution is -2.19. The number of hydrogen-bond acceptors (Lipinski definition) is 4. The molecule has 0 aliphatic heterocycles. The van der Waals surface area contributed by atoms with Crippen LogP contribution < -0.4 is 9.50 Å². The van der Waals surface area contributed by atoms with Crippen LogP contribution in [0.15, 0.2) is 24.3 Å². The first kappa shape index (κ1) is 11.5. The summed E-state index contributed by atoms with van der Waals surface area (Å²) in [6.07, 6.45) is 0. The molecular weight excluding hydrogens is 222 g/mol. The molecule has 0 radical (unpaired) electrons. The standard InChI is InChI=1S/C8H9NO5S/c1-9-8(10)6-4-2-3-5-7(6)14-15(11,12)13/h2-5H,1H3,(H,9,10)(H,11,12,13). The predicted octanol–water partition coefficient (Wildman–Crippen LogP) is 0.228. The monoisotopic (exact) mass is 231 g/mol. The third-order valence-corrected chi connectivity index (χ3v) is 1.94. The lowest BCUT2D eigenvalue weighted by atomic mass is 10.2. The quantitative estimate of drug-likeness (QED) is 0.726. The van der Waals surface area contributed by atoms with Crippen LogP contribution in [0, 0.1) is 0 Å². The van der Waals surface area contributed by atoms with E-state index in [1.54, 1.807) is 6.07 Å². The molecule has 1 aromatic rings. The summed E-state index contributed by atoms with van der Waals surface area (Å²) in [5.41, 5.74) is 0.0256. The van der Waals surface area contributed by atoms with Crippen LogP contribution in [0.25, 0.3) is 0 Å². The number of benzene rings is 1. The summed E-state index contributed by atoms with van der Waals surface area (Å²) < 4.78 is 33.6. The second-order valence-electron chi connectivity index (χ2n) is 2.59. The van der Waals surface area contributed by atoms with Crippen LogP contribution in [0.3, 0.4) is 0 Å². The zero-order valence-corrected chi connectivity index (χ0v) is 8.61. The van der Waals surface area contributed by atoms with Gasteiger partial charge in [-0.3, -0.25) is 9.35 Å². The molecule has 82 valence electrons. The van der Waals surface area contributed by atoms with E-state index in [0.29, 0.717) is 0 Å². The molecule has 0 saturated carbocycles. The van der Waals surface area contributed by atoms with Crippen molar-refractivity contribution in [1.82, 2.24) is 5.32 Å². The predicted molar refractivity (Wildman–Crippen MR) is 52.0 cm³/mol. The third kappa shape index (κ3) is 3.22. The number of amides is 1. The van der Waals surface area contributed by atoms with Gasteiger partial charge >= 0.3 is 10.4 Å². The number of carbonyl (C=O) groups excluding carboxylic acids is 1. The first-order valence-corrected chi connectivity index (χ1v) is 5.28. The molecule has 1 amide bonds.